The second kappa shape index (κ2) is 5.76. The van der Waals surface area contributed by atoms with E-state index in [0.717, 1.165) is 44.6 Å². The van der Waals surface area contributed by atoms with E-state index in [1.165, 1.54) is 18.9 Å². The fourth-order valence-electron chi connectivity index (χ4n) is 3.61. The van der Waals surface area contributed by atoms with E-state index in [0.29, 0.717) is 5.41 Å². The van der Waals surface area contributed by atoms with Gasteiger partial charge in [-0.1, -0.05) is 11.6 Å². The standard InChI is InChI=1S/C17H23FN2O/c1-13-2-3-15(18)14(12-13)16(21)20-10-6-17(7-11-20)4-8-19-9-5-17/h2-3,12,19H,4-11H2,1H3. The summed E-state index contributed by atoms with van der Waals surface area (Å²) < 4.78 is 13.9. The summed E-state index contributed by atoms with van der Waals surface area (Å²) in [5.41, 5.74) is 1.55. The predicted molar refractivity (Wildman–Crippen MR) is 80.8 cm³/mol. The molecule has 0 radical (unpaired) electrons. The van der Waals surface area contributed by atoms with Crippen molar-refractivity contribution in [3.05, 3.63) is 35.1 Å². The van der Waals surface area contributed by atoms with E-state index in [-0.39, 0.29) is 11.5 Å². The summed E-state index contributed by atoms with van der Waals surface area (Å²) in [5, 5.41) is 3.40. The number of piperidine rings is 2. The molecule has 3 nitrogen and oxygen atoms in total. The molecule has 0 unspecified atom stereocenters. The molecule has 114 valence electrons. The Balaban J connectivity index is 1.69. The van der Waals surface area contributed by atoms with E-state index in [4.69, 9.17) is 0 Å². The smallest absolute Gasteiger partial charge is 0.256 e. The van der Waals surface area contributed by atoms with Crippen LogP contribution in [0.5, 0.6) is 0 Å². The number of nitrogens with zero attached hydrogens (tertiary/aromatic N) is 1. The van der Waals surface area contributed by atoms with Crippen molar-refractivity contribution in [2.45, 2.75) is 32.6 Å². The van der Waals surface area contributed by atoms with Gasteiger partial charge in [-0.2, -0.15) is 0 Å². The number of hydrogen-bond donors (Lipinski definition) is 1. The molecule has 0 aliphatic carbocycles. The van der Waals surface area contributed by atoms with Crippen LogP contribution in [0.1, 0.15) is 41.6 Å². The number of aryl methyl sites for hydroxylation is 1. The lowest BCUT2D eigenvalue weighted by molar-refractivity contribution is 0.0492. The van der Waals surface area contributed by atoms with Crippen molar-refractivity contribution in [3.8, 4) is 0 Å². The molecule has 1 N–H and O–H groups in total. The Bertz CT molecular complexity index is 528. The normalized spacial score (nSPS) is 21.5. The molecule has 4 heteroatoms. The molecule has 2 aliphatic heterocycles. The molecule has 1 aromatic rings. The SMILES string of the molecule is Cc1ccc(F)c(C(=O)N2CCC3(CCNCC3)CC2)c1. The maximum atomic E-state index is 13.9. The number of likely N-dealkylation sites (tertiary alicyclic amines) is 1. The largest absolute Gasteiger partial charge is 0.339 e. The van der Waals surface area contributed by atoms with Crippen LogP contribution in [-0.2, 0) is 0 Å². The monoisotopic (exact) mass is 290 g/mol. The van der Waals surface area contributed by atoms with E-state index >= 15 is 0 Å². The van der Waals surface area contributed by atoms with E-state index < -0.39 is 5.82 Å². The molecule has 0 atom stereocenters. The maximum Gasteiger partial charge on any atom is 0.256 e. The molecule has 0 aromatic heterocycles. The maximum absolute atomic E-state index is 13.9. The first-order valence-corrected chi connectivity index (χ1v) is 7.86. The molecule has 2 fully saturated rings. The Morgan fingerprint density at radius 1 is 1.19 bits per heavy atom. The van der Waals surface area contributed by atoms with E-state index in [1.54, 1.807) is 12.1 Å². The van der Waals surface area contributed by atoms with Gasteiger partial charge in [0, 0.05) is 13.1 Å². The molecule has 0 saturated carbocycles. The first-order valence-electron chi connectivity index (χ1n) is 7.86. The van der Waals surface area contributed by atoms with Gasteiger partial charge in [0.05, 0.1) is 5.56 Å². The van der Waals surface area contributed by atoms with Crippen molar-refractivity contribution >= 4 is 5.91 Å². The zero-order chi connectivity index (χ0) is 14.9. The third kappa shape index (κ3) is 2.95. The van der Waals surface area contributed by atoms with Crippen LogP contribution in [0.2, 0.25) is 0 Å². The van der Waals surface area contributed by atoms with Gasteiger partial charge in [-0.25, -0.2) is 4.39 Å². The fraction of sp³-hybridized carbons (Fsp3) is 0.588. The van der Waals surface area contributed by atoms with Crippen LogP contribution in [0.25, 0.3) is 0 Å². The number of amides is 1. The van der Waals surface area contributed by atoms with Crippen LogP contribution < -0.4 is 5.32 Å². The van der Waals surface area contributed by atoms with Crippen LogP contribution in [0.15, 0.2) is 18.2 Å². The Labute approximate surface area is 125 Å². The molecular formula is C17H23FN2O. The average molecular weight is 290 g/mol. The van der Waals surface area contributed by atoms with Crippen molar-refractivity contribution in [2.24, 2.45) is 5.41 Å². The van der Waals surface area contributed by atoms with Crippen LogP contribution in [0.3, 0.4) is 0 Å². The minimum Gasteiger partial charge on any atom is -0.339 e. The summed E-state index contributed by atoms with van der Waals surface area (Å²) in [6, 6.07) is 4.75. The quantitative estimate of drug-likeness (QED) is 0.862. The average Bonchev–Trinajstić information content (AvgIpc) is 2.51. The number of rotatable bonds is 1. The summed E-state index contributed by atoms with van der Waals surface area (Å²) in [4.78, 5) is 14.3. The van der Waals surface area contributed by atoms with Crippen LogP contribution >= 0.6 is 0 Å². The molecule has 2 heterocycles. The first-order chi connectivity index (χ1) is 10.1. The highest BCUT2D eigenvalue weighted by Gasteiger charge is 2.37. The molecule has 3 rings (SSSR count). The molecule has 0 bridgehead atoms. The number of benzene rings is 1. The summed E-state index contributed by atoms with van der Waals surface area (Å²) >= 11 is 0. The predicted octanol–water partition coefficient (Wildman–Crippen LogP) is 2.74. The van der Waals surface area contributed by atoms with Crippen molar-refractivity contribution in [1.82, 2.24) is 10.2 Å². The third-order valence-corrected chi connectivity index (χ3v) is 5.13. The van der Waals surface area contributed by atoms with Crippen LogP contribution in [0, 0.1) is 18.2 Å². The second-order valence-corrected chi connectivity index (χ2v) is 6.53. The lowest BCUT2D eigenvalue weighted by Crippen LogP contribution is -2.47. The van der Waals surface area contributed by atoms with Gasteiger partial charge in [-0.3, -0.25) is 4.79 Å². The first kappa shape index (κ1) is 14.5. The van der Waals surface area contributed by atoms with Gasteiger partial charge in [0.25, 0.3) is 5.91 Å². The molecule has 21 heavy (non-hydrogen) atoms. The Kier molecular flexibility index (Phi) is 3.98. The Hall–Kier alpha value is -1.42. The summed E-state index contributed by atoms with van der Waals surface area (Å²) in [5.74, 6) is -0.562. The van der Waals surface area contributed by atoms with Crippen LogP contribution in [0.4, 0.5) is 4.39 Å². The van der Waals surface area contributed by atoms with Crippen molar-refractivity contribution in [2.75, 3.05) is 26.2 Å². The van der Waals surface area contributed by atoms with Gasteiger partial charge in [-0.15, -0.1) is 0 Å². The summed E-state index contributed by atoms with van der Waals surface area (Å²) in [6.07, 6.45) is 4.50. The number of hydrogen-bond acceptors (Lipinski definition) is 2. The van der Waals surface area contributed by atoms with Gasteiger partial charge >= 0.3 is 0 Å². The fourth-order valence-corrected chi connectivity index (χ4v) is 3.61. The van der Waals surface area contributed by atoms with Crippen molar-refractivity contribution < 1.29 is 9.18 Å². The number of carbonyl (C=O) groups excluding carboxylic acids is 1. The highest BCUT2D eigenvalue weighted by atomic mass is 19.1. The Morgan fingerprint density at radius 2 is 1.86 bits per heavy atom. The highest BCUT2D eigenvalue weighted by molar-refractivity contribution is 5.94. The zero-order valence-corrected chi connectivity index (χ0v) is 12.6. The number of carbonyl (C=O) groups is 1. The lowest BCUT2D eigenvalue weighted by atomic mass is 9.71. The minimum absolute atomic E-state index is 0.153. The highest BCUT2D eigenvalue weighted by Crippen LogP contribution is 2.39. The topological polar surface area (TPSA) is 32.3 Å². The molecule has 1 amide bonds. The minimum atomic E-state index is -0.409. The molecule has 2 aliphatic rings. The molecular weight excluding hydrogens is 267 g/mol. The van der Waals surface area contributed by atoms with Crippen LogP contribution in [-0.4, -0.2) is 37.0 Å². The molecule has 1 spiro atoms. The molecule has 2 saturated heterocycles. The second-order valence-electron chi connectivity index (χ2n) is 6.53. The van der Waals surface area contributed by atoms with Gasteiger partial charge in [-0.05, 0) is 63.2 Å². The van der Waals surface area contributed by atoms with Gasteiger partial charge in [0.2, 0.25) is 0 Å². The third-order valence-electron chi connectivity index (χ3n) is 5.13. The summed E-state index contributed by atoms with van der Waals surface area (Å²) in [7, 11) is 0. The van der Waals surface area contributed by atoms with E-state index in [9.17, 15) is 9.18 Å². The number of nitrogens with one attached hydrogen (secondary N) is 1. The summed E-state index contributed by atoms with van der Waals surface area (Å²) in [6.45, 7) is 5.57. The van der Waals surface area contributed by atoms with E-state index in [1.807, 2.05) is 11.8 Å². The van der Waals surface area contributed by atoms with E-state index in [2.05, 4.69) is 5.32 Å². The van der Waals surface area contributed by atoms with Gasteiger partial charge in [0.1, 0.15) is 5.82 Å². The lowest BCUT2D eigenvalue weighted by Gasteiger charge is -2.44. The zero-order valence-electron chi connectivity index (χ0n) is 12.6. The number of halogens is 1. The van der Waals surface area contributed by atoms with Crippen molar-refractivity contribution in [1.29, 1.82) is 0 Å². The molecule has 1 aromatic carbocycles. The van der Waals surface area contributed by atoms with Gasteiger partial charge < -0.3 is 10.2 Å². The Morgan fingerprint density at radius 3 is 2.52 bits per heavy atom. The van der Waals surface area contributed by atoms with Gasteiger partial charge in [0.15, 0.2) is 0 Å². The van der Waals surface area contributed by atoms with Crippen molar-refractivity contribution in [3.63, 3.8) is 0 Å².